The van der Waals surface area contributed by atoms with E-state index in [1.807, 2.05) is 0 Å². The van der Waals surface area contributed by atoms with Gasteiger partial charge in [-0.25, -0.2) is 0 Å². The topological polar surface area (TPSA) is 21.3 Å². The van der Waals surface area contributed by atoms with Crippen LogP contribution in [-0.2, 0) is 11.3 Å². The summed E-state index contributed by atoms with van der Waals surface area (Å²) in [5.74, 6) is 0. The summed E-state index contributed by atoms with van der Waals surface area (Å²) in [7, 11) is 0. The molecule has 1 aliphatic rings. The minimum atomic E-state index is 0.359. The molecule has 1 atom stereocenters. The minimum Gasteiger partial charge on any atom is -0.372 e. The number of rotatable bonds is 4. The van der Waals surface area contributed by atoms with Gasteiger partial charge in [0.2, 0.25) is 0 Å². The fourth-order valence-electron chi connectivity index (χ4n) is 2.81. The van der Waals surface area contributed by atoms with Crippen LogP contribution in [0.25, 0.3) is 11.1 Å². The number of ether oxygens (including phenoxy) is 1. The average molecular weight is 281 g/mol. The molecular weight excluding hydrogens is 258 g/mol. The number of benzene rings is 2. The van der Waals surface area contributed by atoms with E-state index in [1.165, 1.54) is 27.8 Å². The summed E-state index contributed by atoms with van der Waals surface area (Å²) in [6, 6.07) is 15.2. The van der Waals surface area contributed by atoms with Crippen molar-refractivity contribution in [2.45, 2.75) is 33.0 Å². The summed E-state index contributed by atoms with van der Waals surface area (Å²) in [6.07, 6.45) is 1.48. The summed E-state index contributed by atoms with van der Waals surface area (Å²) in [6.45, 7) is 7.06. The Kier molecular flexibility index (Phi) is 4.37. The lowest BCUT2D eigenvalue weighted by atomic mass is 9.97. The smallest absolute Gasteiger partial charge is 0.0727 e. The normalized spacial score (nSPS) is 18.1. The van der Waals surface area contributed by atoms with Crippen LogP contribution >= 0.6 is 0 Å². The van der Waals surface area contributed by atoms with E-state index in [0.717, 1.165) is 19.5 Å². The van der Waals surface area contributed by atoms with Crippen LogP contribution in [0.5, 0.6) is 0 Å². The Balaban J connectivity index is 1.82. The molecule has 0 spiro atoms. The lowest BCUT2D eigenvalue weighted by Gasteiger charge is -2.14. The molecule has 0 radical (unpaired) electrons. The largest absolute Gasteiger partial charge is 0.372 e. The van der Waals surface area contributed by atoms with Crippen molar-refractivity contribution in [1.29, 1.82) is 0 Å². The third kappa shape index (κ3) is 3.34. The Morgan fingerprint density at radius 2 is 1.95 bits per heavy atom. The zero-order chi connectivity index (χ0) is 14.7. The molecule has 1 N–H and O–H groups in total. The highest BCUT2D eigenvalue weighted by atomic mass is 16.5. The van der Waals surface area contributed by atoms with Crippen LogP contribution in [0.15, 0.2) is 42.5 Å². The Hall–Kier alpha value is -1.64. The Bertz CT molecular complexity index is 615. The van der Waals surface area contributed by atoms with Crippen LogP contribution in [0, 0.1) is 13.8 Å². The molecule has 0 unspecified atom stereocenters. The Morgan fingerprint density at radius 1 is 1.10 bits per heavy atom. The third-order valence-corrected chi connectivity index (χ3v) is 4.32. The van der Waals surface area contributed by atoms with Crippen molar-refractivity contribution < 1.29 is 4.74 Å². The van der Waals surface area contributed by atoms with E-state index in [1.54, 1.807) is 0 Å². The van der Waals surface area contributed by atoms with Crippen molar-refractivity contribution in [3.63, 3.8) is 0 Å². The first-order chi connectivity index (χ1) is 10.2. The summed E-state index contributed by atoms with van der Waals surface area (Å²) in [5.41, 5.74) is 6.51. The minimum absolute atomic E-state index is 0.359. The van der Waals surface area contributed by atoms with Crippen molar-refractivity contribution in [2.24, 2.45) is 0 Å². The van der Waals surface area contributed by atoms with Crippen LogP contribution < -0.4 is 5.32 Å². The maximum absolute atomic E-state index is 6.04. The Labute approximate surface area is 127 Å². The van der Waals surface area contributed by atoms with Crippen LogP contribution in [0.3, 0.4) is 0 Å². The summed E-state index contributed by atoms with van der Waals surface area (Å²) < 4.78 is 6.04. The number of nitrogens with one attached hydrogen (secondary N) is 1. The summed E-state index contributed by atoms with van der Waals surface area (Å²) in [4.78, 5) is 0. The first kappa shape index (κ1) is 14.3. The molecule has 21 heavy (non-hydrogen) atoms. The molecule has 0 amide bonds. The van der Waals surface area contributed by atoms with Crippen LogP contribution in [0.4, 0.5) is 0 Å². The quantitative estimate of drug-likeness (QED) is 0.919. The van der Waals surface area contributed by atoms with Crippen molar-refractivity contribution in [3.8, 4) is 11.1 Å². The molecule has 3 rings (SSSR count). The second kappa shape index (κ2) is 6.42. The van der Waals surface area contributed by atoms with Gasteiger partial charge < -0.3 is 10.1 Å². The highest BCUT2D eigenvalue weighted by molar-refractivity contribution is 5.68. The van der Waals surface area contributed by atoms with Gasteiger partial charge in [0.05, 0.1) is 12.7 Å². The molecule has 2 nitrogen and oxygen atoms in total. The van der Waals surface area contributed by atoms with Gasteiger partial charge in [-0.1, -0.05) is 42.5 Å². The van der Waals surface area contributed by atoms with Gasteiger partial charge in [0, 0.05) is 6.54 Å². The van der Waals surface area contributed by atoms with Gasteiger partial charge in [-0.3, -0.25) is 0 Å². The standard InChI is InChI=1S/C19H23NO/c1-14-7-8-16(11-15(14)2)19-6-4-3-5-17(19)13-21-18-9-10-20-12-18/h3-8,11,18,20H,9-10,12-13H2,1-2H3/t18-/m0/s1. The average Bonchev–Trinajstić information content (AvgIpc) is 3.02. The molecule has 1 aliphatic heterocycles. The second-order valence-electron chi connectivity index (χ2n) is 5.88. The molecule has 1 fully saturated rings. The molecule has 1 heterocycles. The molecule has 1 saturated heterocycles. The van der Waals surface area contributed by atoms with Crippen molar-refractivity contribution in [1.82, 2.24) is 5.32 Å². The van der Waals surface area contributed by atoms with Crippen molar-refractivity contribution in [3.05, 3.63) is 59.2 Å². The number of hydrogen-bond donors (Lipinski definition) is 1. The molecule has 0 aromatic heterocycles. The van der Waals surface area contributed by atoms with E-state index in [-0.39, 0.29) is 0 Å². The van der Waals surface area contributed by atoms with Gasteiger partial charge >= 0.3 is 0 Å². The van der Waals surface area contributed by atoms with E-state index in [4.69, 9.17) is 4.74 Å². The third-order valence-electron chi connectivity index (χ3n) is 4.32. The fraction of sp³-hybridized carbons (Fsp3) is 0.368. The van der Waals surface area contributed by atoms with E-state index < -0.39 is 0 Å². The molecule has 0 bridgehead atoms. The lowest BCUT2D eigenvalue weighted by molar-refractivity contribution is 0.0545. The Morgan fingerprint density at radius 3 is 2.71 bits per heavy atom. The van der Waals surface area contributed by atoms with Gasteiger partial charge in [-0.2, -0.15) is 0 Å². The maximum Gasteiger partial charge on any atom is 0.0727 e. The van der Waals surface area contributed by atoms with Crippen LogP contribution in [-0.4, -0.2) is 19.2 Å². The number of hydrogen-bond acceptors (Lipinski definition) is 2. The molecule has 2 aromatic rings. The molecule has 0 saturated carbocycles. The molecular formula is C19H23NO. The molecule has 2 heteroatoms. The molecule has 2 aromatic carbocycles. The van der Waals surface area contributed by atoms with Gasteiger partial charge in [-0.15, -0.1) is 0 Å². The molecule has 0 aliphatic carbocycles. The predicted octanol–water partition coefficient (Wildman–Crippen LogP) is 3.85. The van der Waals surface area contributed by atoms with Crippen LogP contribution in [0.2, 0.25) is 0 Å². The van der Waals surface area contributed by atoms with Crippen molar-refractivity contribution >= 4 is 0 Å². The lowest BCUT2D eigenvalue weighted by Crippen LogP contribution is -2.16. The predicted molar refractivity (Wildman–Crippen MR) is 87.4 cm³/mol. The highest BCUT2D eigenvalue weighted by Crippen LogP contribution is 2.26. The van der Waals surface area contributed by atoms with E-state index in [9.17, 15) is 0 Å². The SMILES string of the molecule is Cc1ccc(-c2ccccc2CO[C@H]2CCNC2)cc1C. The number of aryl methyl sites for hydroxylation is 2. The monoisotopic (exact) mass is 281 g/mol. The van der Waals surface area contributed by atoms with Gasteiger partial charge in [0.1, 0.15) is 0 Å². The maximum atomic E-state index is 6.04. The van der Waals surface area contributed by atoms with E-state index in [2.05, 4.69) is 61.6 Å². The van der Waals surface area contributed by atoms with Crippen LogP contribution in [0.1, 0.15) is 23.1 Å². The summed E-state index contributed by atoms with van der Waals surface area (Å²) in [5, 5.41) is 3.34. The van der Waals surface area contributed by atoms with E-state index in [0.29, 0.717) is 12.7 Å². The van der Waals surface area contributed by atoms with E-state index >= 15 is 0 Å². The second-order valence-corrected chi connectivity index (χ2v) is 5.88. The zero-order valence-corrected chi connectivity index (χ0v) is 12.9. The fourth-order valence-corrected chi connectivity index (χ4v) is 2.81. The van der Waals surface area contributed by atoms with Gasteiger partial charge in [-0.05, 0) is 54.6 Å². The summed E-state index contributed by atoms with van der Waals surface area (Å²) >= 11 is 0. The zero-order valence-electron chi connectivity index (χ0n) is 12.9. The highest BCUT2D eigenvalue weighted by Gasteiger charge is 2.15. The van der Waals surface area contributed by atoms with Crippen molar-refractivity contribution in [2.75, 3.05) is 13.1 Å². The first-order valence-corrected chi connectivity index (χ1v) is 7.72. The van der Waals surface area contributed by atoms with Gasteiger partial charge in [0.15, 0.2) is 0 Å². The first-order valence-electron chi connectivity index (χ1n) is 7.72. The van der Waals surface area contributed by atoms with Gasteiger partial charge in [0.25, 0.3) is 0 Å². The molecule has 110 valence electrons.